The fourth-order valence-corrected chi connectivity index (χ4v) is 3.02. The van der Waals surface area contributed by atoms with Gasteiger partial charge in [-0.25, -0.2) is 9.59 Å². The number of hydrogen-bond donors (Lipinski definition) is 1. The fourth-order valence-electron chi connectivity index (χ4n) is 3.02. The third-order valence-electron chi connectivity index (χ3n) is 4.37. The zero-order valence-electron chi connectivity index (χ0n) is 18.5. The van der Waals surface area contributed by atoms with Gasteiger partial charge in [0.25, 0.3) is 0 Å². The molecule has 1 aliphatic heterocycles. The number of esters is 1. The molecule has 2 aliphatic rings. The molecule has 8 nitrogen and oxygen atoms in total. The van der Waals surface area contributed by atoms with E-state index in [1.807, 2.05) is 0 Å². The van der Waals surface area contributed by atoms with E-state index in [0.29, 0.717) is 0 Å². The van der Waals surface area contributed by atoms with Crippen LogP contribution in [0, 0.1) is 5.92 Å². The van der Waals surface area contributed by atoms with Crippen molar-refractivity contribution < 1.29 is 46.5 Å². The van der Waals surface area contributed by atoms with E-state index in [4.69, 9.17) is 18.9 Å². The Morgan fingerprint density at radius 2 is 1.79 bits per heavy atom. The van der Waals surface area contributed by atoms with E-state index in [9.17, 15) is 27.6 Å². The van der Waals surface area contributed by atoms with Crippen LogP contribution < -0.4 is 10.1 Å². The molecule has 3 rings (SSSR count). The molecule has 0 fully saturated rings. The summed E-state index contributed by atoms with van der Waals surface area (Å²) in [6.07, 6.45) is -3.62. The van der Waals surface area contributed by atoms with Gasteiger partial charge in [0.15, 0.2) is 0 Å². The van der Waals surface area contributed by atoms with Crippen LogP contribution in [0.4, 0.5) is 18.0 Å². The first-order chi connectivity index (χ1) is 15.8. The first-order valence-corrected chi connectivity index (χ1v) is 10.2. The van der Waals surface area contributed by atoms with Crippen LogP contribution in [0.3, 0.4) is 0 Å². The van der Waals surface area contributed by atoms with Crippen molar-refractivity contribution in [2.24, 2.45) is 5.92 Å². The van der Waals surface area contributed by atoms with Crippen LogP contribution in [-0.4, -0.2) is 42.3 Å². The first-order valence-electron chi connectivity index (χ1n) is 10.2. The second-order valence-corrected chi connectivity index (χ2v) is 8.30. The van der Waals surface area contributed by atoms with Gasteiger partial charge in [0.2, 0.25) is 17.3 Å². The largest absolute Gasteiger partial charge is 0.477 e. The van der Waals surface area contributed by atoms with Gasteiger partial charge in [-0.2, -0.15) is 13.2 Å². The summed E-state index contributed by atoms with van der Waals surface area (Å²) in [6.45, 7) is 4.38. The van der Waals surface area contributed by atoms with Crippen LogP contribution in [-0.2, 0) is 23.8 Å². The lowest BCUT2D eigenvalue weighted by Gasteiger charge is -2.33. The van der Waals surface area contributed by atoms with Gasteiger partial charge >= 0.3 is 18.2 Å². The van der Waals surface area contributed by atoms with Crippen molar-refractivity contribution in [1.29, 1.82) is 0 Å². The number of nitrogens with one attached hydrogen (secondary N) is 1. The number of para-hydroxylation sites is 1. The van der Waals surface area contributed by atoms with Crippen LogP contribution in [0.25, 0.3) is 0 Å². The lowest BCUT2D eigenvalue weighted by molar-refractivity contribution is -0.156. The Kier molecular flexibility index (Phi) is 7.04. The summed E-state index contributed by atoms with van der Waals surface area (Å²) in [6, 6.07) is 7.53. The average molecular weight is 481 g/mol. The summed E-state index contributed by atoms with van der Waals surface area (Å²) >= 11 is 0. The van der Waals surface area contributed by atoms with Gasteiger partial charge < -0.3 is 24.3 Å². The predicted molar refractivity (Wildman–Crippen MR) is 111 cm³/mol. The van der Waals surface area contributed by atoms with Crippen LogP contribution in [0.15, 0.2) is 65.8 Å². The smallest absolute Gasteiger partial charge is 0.453 e. The monoisotopic (exact) mass is 481 g/mol. The Labute approximate surface area is 193 Å². The molecular weight excluding hydrogens is 459 g/mol. The topological polar surface area (TPSA) is 100 Å². The Bertz CT molecular complexity index is 1050. The highest BCUT2D eigenvalue weighted by Crippen LogP contribution is 2.39. The molecule has 182 valence electrons. The summed E-state index contributed by atoms with van der Waals surface area (Å²) in [7, 11) is 0. The third-order valence-corrected chi connectivity index (χ3v) is 4.37. The molecule has 2 atom stereocenters. The van der Waals surface area contributed by atoms with E-state index in [1.165, 1.54) is 24.3 Å². The minimum Gasteiger partial charge on any atom is -0.477 e. The summed E-state index contributed by atoms with van der Waals surface area (Å²) in [4.78, 5) is 36.4. The molecule has 1 amide bonds. The van der Waals surface area contributed by atoms with E-state index in [0.717, 1.165) is 6.08 Å². The summed E-state index contributed by atoms with van der Waals surface area (Å²) < 4.78 is 61.2. The van der Waals surface area contributed by atoms with Gasteiger partial charge in [0.05, 0.1) is 5.92 Å². The van der Waals surface area contributed by atoms with E-state index >= 15 is 0 Å². The number of ketones is 1. The number of ether oxygens (including phenoxy) is 4. The van der Waals surface area contributed by atoms with Gasteiger partial charge in [-0.3, -0.25) is 4.79 Å². The molecule has 0 unspecified atom stereocenters. The number of amides is 1. The Hall–Kier alpha value is -3.76. The molecule has 0 radical (unpaired) electrons. The van der Waals surface area contributed by atoms with E-state index < -0.39 is 59.7 Å². The quantitative estimate of drug-likeness (QED) is 0.636. The molecule has 1 aliphatic carbocycles. The molecule has 34 heavy (non-hydrogen) atoms. The zero-order valence-corrected chi connectivity index (χ0v) is 18.5. The maximum Gasteiger partial charge on any atom is 0.453 e. The van der Waals surface area contributed by atoms with Crippen molar-refractivity contribution in [1.82, 2.24) is 5.32 Å². The van der Waals surface area contributed by atoms with E-state index in [1.54, 1.807) is 39.0 Å². The number of halogens is 3. The standard InChI is InChI=1S/C23H22F3NO7/c1-22(2,3)34-21(30)27-12-17(28)31-14-9-10-15-16(11-14)33-20(23(24,25)26)19(18(15)29)32-13-7-5-4-6-8-13/h4-11,15-16H,12H2,1-3H3,(H,27,30)/t15-,16+/m1/s1. The molecule has 11 heteroatoms. The molecule has 1 heterocycles. The molecule has 0 bridgehead atoms. The number of carbonyl (C=O) groups is 3. The number of allylic oxidation sites excluding steroid dienone is 3. The van der Waals surface area contributed by atoms with Crippen LogP contribution in [0.2, 0.25) is 0 Å². The van der Waals surface area contributed by atoms with Gasteiger partial charge in [-0.1, -0.05) is 24.3 Å². The van der Waals surface area contributed by atoms with Crippen molar-refractivity contribution >= 4 is 17.8 Å². The fraction of sp³-hybridized carbons (Fsp3) is 0.348. The number of rotatable bonds is 5. The second kappa shape index (κ2) is 9.62. The number of hydrogen-bond acceptors (Lipinski definition) is 7. The number of Topliss-reactive ketones (excluding diaryl/α,β-unsaturated/α-hetero) is 1. The number of alkyl halides is 3. The molecule has 0 aromatic heterocycles. The first kappa shape index (κ1) is 24.9. The lowest BCUT2D eigenvalue weighted by Crippen LogP contribution is -2.41. The van der Waals surface area contributed by atoms with Crippen molar-refractivity contribution in [2.45, 2.75) is 38.7 Å². The van der Waals surface area contributed by atoms with Crippen molar-refractivity contribution in [3.63, 3.8) is 0 Å². The lowest BCUT2D eigenvalue weighted by atomic mass is 9.89. The summed E-state index contributed by atoms with van der Waals surface area (Å²) in [5.41, 5.74) is -0.769. The van der Waals surface area contributed by atoms with Crippen molar-refractivity contribution in [3.05, 3.63) is 65.8 Å². The molecule has 0 spiro atoms. The maximum absolute atomic E-state index is 13.6. The summed E-state index contributed by atoms with van der Waals surface area (Å²) in [5, 5.41) is 2.20. The van der Waals surface area contributed by atoms with Crippen LogP contribution in [0.1, 0.15) is 20.8 Å². The maximum atomic E-state index is 13.6. The minimum absolute atomic E-state index is 0.0390. The van der Waals surface area contributed by atoms with Gasteiger partial charge in [0, 0.05) is 0 Å². The summed E-state index contributed by atoms with van der Waals surface area (Å²) in [5.74, 6) is -5.59. The predicted octanol–water partition coefficient (Wildman–Crippen LogP) is 3.95. The number of fused-ring (bicyclic) bond motifs is 1. The van der Waals surface area contributed by atoms with E-state index in [-0.39, 0.29) is 11.5 Å². The number of alkyl carbamates (subject to hydrolysis) is 1. The SMILES string of the molecule is CC(C)(C)OC(=O)NCC(=O)OC1=C[C@@H]2OC(C(F)(F)F)=C(Oc3ccccc3)C(=O)[C@@H]2C=C1. The molecule has 1 N–H and O–H groups in total. The Morgan fingerprint density at radius 3 is 2.41 bits per heavy atom. The molecule has 0 saturated carbocycles. The average Bonchev–Trinajstić information content (AvgIpc) is 2.73. The highest BCUT2D eigenvalue weighted by atomic mass is 19.4. The van der Waals surface area contributed by atoms with Gasteiger partial charge in [0.1, 0.15) is 29.8 Å². The van der Waals surface area contributed by atoms with Crippen LogP contribution >= 0.6 is 0 Å². The van der Waals surface area contributed by atoms with E-state index in [2.05, 4.69) is 5.32 Å². The molecular formula is C23H22F3NO7. The number of carbonyl (C=O) groups excluding carboxylic acids is 3. The highest BCUT2D eigenvalue weighted by molar-refractivity contribution is 5.99. The normalized spacial score (nSPS) is 20.1. The van der Waals surface area contributed by atoms with Gasteiger partial charge in [-0.15, -0.1) is 0 Å². The Morgan fingerprint density at radius 1 is 1.12 bits per heavy atom. The number of benzene rings is 1. The molecule has 1 aromatic rings. The molecule has 1 aromatic carbocycles. The van der Waals surface area contributed by atoms with Crippen molar-refractivity contribution in [3.8, 4) is 5.75 Å². The third kappa shape index (κ3) is 6.40. The molecule has 0 saturated heterocycles. The van der Waals surface area contributed by atoms with Crippen molar-refractivity contribution in [2.75, 3.05) is 6.54 Å². The van der Waals surface area contributed by atoms with Crippen LogP contribution in [0.5, 0.6) is 5.75 Å². The highest BCUT2D eigenvalue weighted by Gasteiger charge is 2.50. The zero-order chi connectivity index (χ0) is 25.1. The second-order valence-electron chi connectivity index (χ2n) is 8.30. The minimum atomic E-state index is -5.01. The Balaban J connectivity index is 1.72. The van der Waals surface area contributed by atoms with Gasteiger partial charge in [-0.05, 0) is 45.1 Å².